The van der Waals surface area contributed by atoms with Gasteiger partial charge >= 0.3 is 0 Å². The largest absolute Gasteiger partial charge is 0.383 e. The number of hydrogen-bond acceptors (Lipinski definition) is 5. The number of aromatic nitrogens is 2. The van der Waals surface area contributed by atoms with Crippen molar-refractivity contribution in [2.75, 3.05) is 46.4 Å². The van der Waals surface area contributed by atoms with Gasteiger partial charge in [-0.2, -0.15) is 0 Å². The van der Waals surface area contributed by atoms with Gasteiger partial charge < -0.3 is 14.5 Å². The summed E-state index contributed by atoms with van der Waals surface area (Å²) in [6.07, 6.45) is 8.17. The minimum Gasteiger partial charge on any atom is -0.383 e. The van der Waals surface area contributed by atoms with Crippen LogP contribution in [0.1, 0.15) is 29.8 Å². The van der Waals surface area contributed by atoms with Gasteiger partial charge in [0.2, 0.25) is 0 Å². The van der Waals surface area contributed by atoms with E-state index < -0.39 is 0 Å². The van der Waals surface area contributed by atoms with Gasteiger partial charge in [0.1, 0.15) is 5.69 Å². The normalized spacial score (nSPS) is 21.4. The Morgan fingerprint density at radius 1 is 1.27 bits per heavy atom. The molecule has 0 atom stereocenters. The van der Waals surface area contributed by atoms with Crippen LogP contribution in [-0.4, -0.2) is 72.1 Å². The molecule has 1 aromatic heterocycles. The van der Waals surface area contributed by atoms with E-state index in [1.165, 1.54) is 12.8 Å². The smallest absolute Gasteiger partial charge is 0.274 e. The quantitative estimate of drug-likeness (QED) is 0.832. The SMILES string of the molecule is COCCN1CCC2(CC1)CCN(C(=O)c1cnccn1)C2. The van der Waals surface area contributed by atoms with E-state index in [1.807, 2.05) is 4.90 Å². The van der Waals surface area contributed by atoms with Crippen LogP contribution in [0, 0.1) is 5.41 Å². The monoisotopic (exact) mass is 304 g/mol. The number of methoxy groups -OCH3 is 1. The number of nitrogens with zero attached hydrogens (tertiary/aromatic N) is 4. The molecule has 0 aliphatic carbocycles. The number of amides is 1. The van der Waals surface area contributed by atoms with Gasteiger partial charge in [-0.25, -0.2) is 4.98 Å². The van der Waals surface area contributed by atoms with E-state index in [9.17, 15) is 4.79 Å². The molecule has 2 saturated heterocycles. The van der Waals surface area contributed by atoms with Gasteiger partial charge in [-0.15, -0.1) is 0 Å². The molecule has 120 valence electrons. The number of ether oxygens (including phenoxy) is 1. The fourth-order valence-corrected chi connectivity index (χ4v) is 3.56. The molecule has 1 amide bonds. The van der Waals surface area contributed by atoms with Gasteiger partial charge in [-0.05, 0) is 37.8 Å². The van der Waals surface area contributed by atoms with Crippen LogP contribution < -0.4 is 0 Å². The van der Waals surface area contributed by atoms with Gasteiger partial charge in [-0.1, -0.05) is 0 Å². The van der Waals surface area contributed by atoms with Crippen molar-refractivity contribution in [1.82, 2.24) is 19.8 Å². The maximum Gasteiger partial charge on any atom is 0.274 e. The van der Waals surface area contributed by atoms with Crippen LogP contribution in [0.3, 0.4) is 0 Å². The zero-order chi connectivity index (χ0) is 15.4. The number of carbonyl (C=O) groups excluding carboxylic acids is 1. The molecule has 0 radical (unpaired) electrons. The summed E-state index contributed by atoms with van der Waals surface area (Å²) in [4.78, 5) is 25.0. The van der Waals surface area contributed by atoms with E-state index >= 15 is 0 Å². The summed E-state index contributed by atoms with van der Waals surface area (Å²) in [6, 6.07) is 0. The number of likely N-dealkylation sites (tertiary alicyclic amines) is 2. The first-order valence-electron chi connectivity index (χ1n) is 7.99. The van der Waals surface area contributed by atoms with E-state index in [0.717, 1.165) is 45.8 Å². The van der Waals surface area contributed by atoms with Crippen molar-refractivity contribution in [2.45, 2.75) is 19.3 Å². The summed E-state index contributed by atoms with van der Waals surface area (Å²) in [6.45, 7) is 5.72. The topological polar surface area (TPSA) is 58.6 Å². The summed E-state index contributed by atoms with van der Waals surface area (Å²) in [5.74, 6) is 0.0202. The highest BCUT2D eigenvalue weighted by molar-refractivity contribution is 5.92. The van der Waals surface area contributed by atoms with Crippen LogP contribution in [0.25, 0.3) is 0 Å². The molecule has 1 aromatic rings. The highest BCUT2D eigenvalue weighted by Gasteiger charge is 2.42. The molecule has 6 nitrogen and oxygen atoms in total. The van der Waals surface area contributed by atoms with Gasteiger partial charge in [0.05, 0.1) is 12.8 Å². The standard InChI is InChI=1S/C16H24N4O2/c1-22-11-10-19-7-2-16(3-8-19)4-9-20(13-16)15(21)14-12-17-5-6-18-14/h5-6,12H,2-4,7-11,13H2,1H3. The van der Waals surface area contributed by atoms with Crippen LogP contribution in [0.5, 0.6) is 0 Å². The van der Waals surface area contributed by atoms with Crippen molar-refractivity contribution in [2.24, 2.45) is 5.41 Å². The average molecular weight is 304 g/mol. The molecule has 0 unspecified atom stereocenters. The third kappa shape index (κ3) is 3.28. The number of rotatable bonds is 4. The lowest BCUT2D eigenvalue weighted by molar-refractivity contribution is 0.0670. The maximum absolute atomic E-state index is 12.5. The molecule has 0 aromatic carbocycles. The van der Waals surface area contributed by atoms with Crippen molar-refractivity contribution in [3.05, 3.63) is 24.3 Å². The molecule has 3 heterocycles. The maximum atomic E-state index is 12.5. The van der Waals surface area contributed by atoms with E-state index in [-0.39, 0.29) is 5.91 Å². The highest BCUT2D eigenvalue weighted by atomic mass is 16.5. The molecule has 2 fully saturated rings. The second-order valence-electron chi connectivity index (χ2n) is 6.40. The van der Waals surface area contributed by atoms with Crippen molar-refractivity contribution < 1.29 is 9.53 Å². The molecular formula is C16H24N4O2. The van der Waals surface area contributed by atoms with Gasteiger partial charge in [-0.3, -0.25) is 9.78 Å². The Morgan fingerprint density at radius 3 is 2.73 bits per heavy atom. The minimum absolute atomic E-state index is 0.0202. The zero-order valence-corrected chi connectivity index (χ0v) is 13.2. The fraction of sp³-hybridized carbons (Fsp3) is 0.688. The minimum atomic E-state index is 0.0202. The molecule has 0 N–H and O–H groups in total. The zero-order valence-electron chi connectivity index (χ0n) is 13.2. The predicted octanol–water partition coefficient (Wildman–Crippen LogP) is 1.05. The molecule has 2 aliphatic heterocycles. The third-order valence-electron chi connectivity index (χ3n) is 5.04. The van der Waals surface area contributed by atoms with Crippen LogP contribution >= 0.6 is 0 Å². The van der Waals surface area contributed by atoms with Crippen molar-refractivity contribution in [3.8, 4) is 0 Å². The fourth-order valence-electron chi connectivity index (χ4n) is 3.56. The summed E-state index contributed by atoms with van der Waals surface area (Å²) in [5, 5.41) is 0. The Hall–Kier alpha value is -1.53. The first kappa shape index (κ1) is 15.4. The molecule has 1 spiro atoms. The average Bonchev–Trinajstić information content (AvgIpc) is 2.98. The first-order chi connectivity index (χ1) is 10.7. The van der Waals surface area contributed by atoms with Crippen LogP contribution in [0.15, 0.2) is 18.6 Å². The Balaban J connectivity index is 1.55. The summed E-state index contributed by atoms with van der Waals surface area (Å²) in [5.41, 5.74) is 0.763. The highest BCUT2D eigenvalue weighted by Crippen LogP contribution is 2.40. The van der Waals surface area contributed by atoms with Gasteiger partial charge in [0.15, 0.2) is 0 Å². The second kappa shape index (κ2) is 6.71. The number of hydrogen-bond donors (Lipinski definition) is 0. The van der Waals surface area contributed by atoms with Crippen molar-refractivity contribution in [3.63, 3.8) is 0 Å². The molecule has 2 aliphatic rings. The Labute approximate surface area is 131 Å². The summed E-state index contributed by atoms with van der Waals surface area (Å²) in [7, 11) is 1.75. The van der Waals surface area contributed by atoms with Crippen molar-refractivity contribution >= 4 is 5.91 Å². The van der Waals surface area contributed by atoms with E-state index in [4.69, 9.17) is 4.74 Å². The lowest BCUT2D eigenvalue weighted by Crippen LogP contribution is -2.43. The van der Waals surface area contributed by atoms with Gasteiger partial charge in [0.25, 0.3) is 5.91 Å². The Morgan fingerprint density at radius 2 is 2.05 bits per heavy atom. The van der Waals surface area contributed by atoms with E-state index in [1.54, 1.807) is 25.7 Å². The van der Waals surface area contributed by atoms with Crippen LogP contribution in [-0.2, 0) is 4.74 Å². The predicted molar refractivity (Wildman–Crippen MR) is 82.5 cm³/mol. The molecule has 3 rings (SSSR count). The summed E-state index contributed by atoms with van der Waals surface area (Å²) < 4.78 is 5.15. The van der Waals surface area contributed by atoms with Crippen LogP contribution in [0.4, 0.5) is 0 Å². The van der Waals surface area contributed by atoms with E-state index in [2.05, 4.69) is 14.9 Å². The van der Waals surface area contributed by atoms with Crippen molar-refractivity contribution in [1.29, 1.82) is 0 Å². The lowest BCUT2D eigenvalue weighted by atomic mass is 9.78. The van der Waals surface area contributed by atoms with Gasteiger partial charge in [0, 0.05) is 39.1 Å². The summed E-state index contributed by atoms with van der Waals surface area (Å²) >= 11 is 0. The number of carbonyl (C=O) groups is 1. The van der Waals surface area contributed by atoms with Crippen LogP contribution in [0.2, 0.25) is 0 Å². The Bertz CT molecular complexity index is 500. The third-order valence-corrected chi connectivity index (χ3v) is 5.04. The molecule has 0 saturated carbocycles. The second-order valence-corrected chi connectivity index (χ2v) is 6.40. The number of piperidine rings is 1. The first-order valence-corrected chi connectivity index (χ1v) is 7.99. The molecule has 22 heavy (non-hydrogen) atoms. The molecular weight excluding hydrogens is 280 g/mol. The molecule has 0 bridgehead atoms. The van der Waals surface area contributed by atoms with E-state index in [0.29, 0.717) is 11.1 Å². The Kier molecular flexibility index (Phi) is 4.69. The molecule has 6 heteroatoms. The lowest BCUT2D eigenvalue weighted by Gasteiger charge is -2.39.